The molecule has 0 fully saturated rings. The van der Waals surface area contributed by atoms with Crippen molar-refractivity contribution in [2.45, 2.75) is 27.2 Å². The zero-order valence-electron chi connectivity index (χ0n) is 13.8. The second kappa shape index (κ2) is 5.78. The zero-order valence-corrected chi connectivity index (χ0v) is 13.8. The van der Waals surface area contributed by atoms with Crippen LogP contribution in [-0.2, 0) is 21.1 Å². The van der Waals surface area contributed by atoms with Crippen LogP contribution >= 0.6 is 0 Å². The van der Waals surface area contributed by atoms with Crippen molar-refractivity contribution in [3.63, 3.8) is 0 Å². The highest BCUT2D eigenvalue weighted by molar-refractivity contribution is 5.83. The fourth-order valence-corrected chi connectivity index (χ4v) is 2.40. The second-order valence-corrected chi connectivity index (χ2v) is 5.93. The fraction of sp³-hybridized carbons (Fsp3) is 0.571. The van der Waals surface area contributed by atoms with Gasteiger partial charge in [-0.2, -0.15) is 10.1 Å². The lowest BCUT2D eigenvalue weighted by atomic mass is 10.1. The molecule has 0 bridgehead atoms. The minimum absolute atomic E-state index is 0.342. The maximum Gasteiger partial charge on any atom is 0.332 e. The molecule has 0 aliphatic heterocycles. The largest absolute Gasteiger partial charge is 0.332 e. The number of aryl methyl sites for hydroxylation is 2. The number of anilines is 1. The van der Waals surface area contributed by atoms with E-state index in [1.54, 1.807) is 18.7 Å². The van der Waals surface area contributed by atoms with Crippen molar-refractivity contribution in [1.82, 2.24) is 18.7 Å². The molecule has 2 aromatic rings. The highest BCUT2D eigenvalue weighted by Crippen LogP contribution is 2.13. The van der Waals surface area contributed by atoms with E-state index in [1.807, 2.05) is 6.92 Å². The number of hydrogen-bond donors (Lipinski definition) is 1. The van der Waals surface area contributed by atoms with Gasteiger partial charge in [-0.25, -0.2) is 10.2 Å². The van der Waals surface area contributed by atoms with Gasteiger partial charge >= 0.3 is 5.69 Å². The van der Waals surface area contributed by atoms with E-state index in [-0.39, 0.29) is 5.56 Å². The maximum atomic E-state index is 12.2. The van der Waals surface area contributed by atoms with Gasteiger partial charge in [0.1, 0.15) is 0 Å². The van der Waals surface area contributed by atoms with Crippen LogP contribution in [0.5, 0.6) is 0 Å². The minimum atomic E-state index is -0.401. The summed E-state index contributed by atoms with van der Waals surface area (Å²) in [5.74, 6) is 0.940. The molecule has 8 nitrogen and oxygen atoms in total. The molecule has 0 aromatic carbocycles. The number of aromatic nitrogens is 4. The van der Waals surface area contributed by atoms with Gasteiger partial charge in [-0.3, -0.25) is 13.9 Å². The molecule has 0 aliphatic carbocycles. The average Bonchev–Trinajstić information content (AvgIpc) is 2.77. The number of fused-ring (bicyclic) bond motifs is 1. The Morgan fingerprint density at radius 1 is 1.18 bits per heavy atom. The molecule has 0 saturated heterocycles. The van der Waals surface area contributed by atoms with Crippen molar-refractivity contribution in [2.75, 3.05) is 5.43 Å². The first-order valence-corrected chi connectivity index (χ1v) is 7.15. The molecular formula is C14H22N6O2. The predicted molar refractivity (Wildman–Crippen MR) is 87.4 cm³/mol. The number of nitrogens with one attached hydrogen (secondary N) is 1. The van der Waals surface area contributed by atoms with Crippen molar-refractivity contribution in [1.29, 1.82) is 0 Å². The van der Waals surface area contributed by atoms with Gasteiger partial charge in [0.15, 0.2) is 11.2 Å². The van der Waals surface area contributed by atoms with Crippen molar-refractivity contribution >= 4 is 22.8 Å². The van der Waals surface area contributed by atoms with Crippen molar-refractivity contribution in [3.05, 3.63) is 20.8 Å². The van der Waals surface area contributed by atoms with E-state index in [1.165, 1.54) is 11.6 Å². The summed E-state index contributed by atoms with van der Waals surface area (Å²) in [6, 6.07) is 0. The van der Waals surface area contributed by atoms with Crippen molar-refractivity contribution < 1.29 is 0 Å². The van der Waals surface area contributed by atoms with E-state index in [0.29, 0.717) is 23.0 Å². The molecule has 0 unspecified atom stereocenters. The molecule has 0 amide bonds. The molecule has 8 heteroatoms. The molecule has 0 aliphatic rings. The molecule has 2 heterocycles. The Balaban J connectivity index is 2.53. The van der Waals surface area contributed by atoms with Crippen LogP contribution < -0.4 is 16.7 Å². The molecule has 0 saturated carbocycles. The van der Waals surface area contributed by atoms with Crippen LogP contribution in [-0.4, -0.2) is 24.4 Å². The highest BCUT2D eigenvalue weighted by atomic mass is 16.2. The molecule has 0 radical (unpaired) electrons. The van der Waals surface area contributed by atoms with E-state index >= 15 is 0 Å². The summed E-state index contributed by atoms with van der Waals surface area (Å²) in [6.07, 6.45) is 0.872. The van der Waals surface area contributed by atoms with E-state index in [0.717, 1.165) is 16.7 Å². The lowest BCUT2D eigenvalue weighted by molar-refractivity contribution is 0.681. The van der Waals surface area contributed by atoms with Gasteiger partial charge in [-0.05, 0) is 19.3 Å². The summed E-state index contributed by atoms with van der Waals surface area (Å²) >= 11 is 0. The predicted octanol–water partition coefficient (Wildman–Crippen LogP) is 0.805. The lowest BCUT2D eigenvalue weighted by Gasteiger charge is -2.05. The van der Waals surface area contributed by atoms with Gasteiger partial charge in [-0.1, -0.05) is 13.8 Å². The van der Waals surface area contributed by atoms with Gasteiger partial charge in [0.25, 0.3) is 5.56 Å². The Labute approximate surface area is 128 Å². The third-order valence-corrected chi connectivity index (χ3v) is 3.53. The summed E-state index contributed by atoms with van der Waals surface area (Å²) in [5, 5.41) is 4.28. The van der Waals surface area contributed by atoms with Crippen LogP contribution in [0.25, 0.3) is 11.2 Å². The van der Waals surface area contributed by atoms with Crippen LogP contribution in [0.15, 0.2) is 14.7 Å². The smallest absolute Gasteiger partial charge is 0.306 e. The normalized spacial score (nSPS) is 12.4. The van der Waals surface area contributed by atoms with E-state index in [4.69, 9.17) is 0 Å². The van der Waals surface area contributed by atoms with Gasteiger partial charge in [0.2, 0.25) is 5.95 Å². The Morgan fingerprint density at radius 3 is 2.41 bits per heavy atom. The molecule has 0 atom stereocenters. The summed E-state index contributed by atoms with van der Waals surface area (Å²) in [4.78, 5) is 28.5. The third-order valence-electron chi connectivity index (χ3n) is 3.53. The van der Waals surface area contributed by atoms with Crippen LogP contribution in [0.4, 0.5) is 5.95 Å². The Morgan fingerprint density at radius 2 is 1.82 bits per heavy atom. The number of rotatable bonds is 4. The summed E-state index contributed by atoms with van der Waals surface area (Å²) in [5.41, 5.74) is 3.76. The Bertz CT molecular complexity index is 853. The third kappa shape index (κ3) is 2.68. The maximum absolute atomic E-state index is 12.2. The topological polar surface area (TPSA) is 86.2 Å². The van der Waals surface area contributed by atoms with Crippen LogP contribution in [0.2, 0.25) is 0 Å². The van der Waals surface area contributed by atoms with Crippen LogP contribution in [0.1, 0.15) is 27.2 Å². The first-order valence-electron chi connectivity index (χ1n) is 7.15. The Hall–Kier alpha value is -2.38. The van der Waals surface area contributed by atoms with Crippen molar-refractivity contribution in [3.8, 4) is 0 Å². The zero-order chi connectivity index (χ0) is 16.6. The van der Waals surface area contributed by atoms with Gasteiger partial charge < -0.3 is 4.57 Å². The number of imidazole rings is 1. The highest BCUT2D eigenvalue weighted by Gasteiger charge is 2.16. The first kappa shape index (κ1) is 16.0. The van der Waals surface area contributed by atoms with Gasteiger partial charge in [0, 0.05) is 26.9 Å². The lowest BCUT2D eigenvalue weighted by Crippen LogP contribution is -2.37. The molecule has 2 rings (SSSR count). The molecule has 2 aromatic heterocycles. The standard InChI is InChI=1S/C14H22N6O2/c1-8(2)7-9(3)16-17-13-15-11-10(18(13)4)12(21)20(6)14(22)19(11)5/h8H,7H2,1-6H3,(H,15,17)/b16-9-. The fourth-order valence-electron chi connectivity index (χ4n) is 2.40. The number of hydrazone groups is 1. The van der Waals surface area contributed by atoms with Crippen molar-refractivity contribution in [2.24, 2.45) is 32.2 Å². The molecule has 22 heavy (non-hydrogen) atoms. The number of hydrogen-bond acceptors (Lipinski definition) is 5. The summed E-state index contributed by atoms with van der Waals surface area (Å²) < 4.78 is 4.04. The summed E-state index contributed by atoms with van der Waals surface area (Å²) in [6.45, 7) is 6.17. The van der Waals surface area contributed by atoms with Gasteiger partial charge in [-0.15, -0.1) is 0 Å². The Kier molecular flexibility index (Phi) is 4.20. The first-order chi connectivity index (χ1) is 10.2. The molecule has 1 N–H and O–H groups in total. The molecular weight excluding hydrogens is 284 g/mol. The average molecular weight is 306 g/mol. The van der Waals surface area contributed by atoms with Crippen LogP contribution in [0.3, 0.4) is 0 Å². The van der Waals surface area contributed by atoms with Gasteiger partial charge in [0.05, 0.1) is 0 Å². The van der Waals surface area contributed by atoms with E-state index in [9.17, 15) is 9.59 Å². The van der Waals surface area contributed by atoms with Crippen LogP contribution in [0, 0.1) is 5.92 Å². The summed E-state index contributed by atoms with van der Waals surface area (Å²) in [7, 11) is 4.76. The quantitative estimate of drug-likeness (QED) is 0.669. The SMILES string of the molecule is C/C(CC(C)C)=N/Nc1nc2c(c(=O)n(C)c(=O)n2C)n1C. The monoisotopic (exact) mass is 306 g/mol. The number of nitrogens with zero attached hydrogens (tertiary/aromatic N) is 5. The minimum Gasteiger partial charge on any atom is -0.306 e. The van der Waals surface area contributed by atoms with E-state index < -0.39 is 5.69 Å². The second-order valence-electron chi connectivity index (χ2n) is 5.93. The molecule has 120 valence electrons. The molecule has 0 spiro atoms. The van der Waals surface area contributed by atoms with E-state index in [2.05, 4.69) is 29.4 Å².